The predicted molar refractivity (Wildman–Crippen MR) is 112 cm³/mol. The van der Waals surface area contributed by atoms with Gasteiger partial charge in [-0.15, -0.1) is 11.3 Å². The van der Waals surface area contributed by atoms with Crippen molar-refractivity contribution >= 4 is 38.3 Å². The van der Waals surface area contributed by atoms with E-state index in [9.17, 15) is 4.79 Å². The third kappa shape index (κ3) is 3.27. The summed E-state index contributed by atoms with van der Waals surface area (Å²) in [5.74, 6) is 2.25. The van der Waals surface area contributed by atoms with Crippen molar-refractivity contribution in [1.82, 2.24) is 19.1 Å². The molecule has 0 radical (unpaired) electrons. The fourth-order valence-corrected chi connectivity index (χ4v) is 4.36. The summed E-state index contributed by atoms with van der Waals surface area (Å²) in [7, 11) is 2.04. The zero-order chi connectivity index (χ0) is 19.3. The quantitative estimate of drug-likeness (QED) is 0.446. The van der Waals surface area contributed by atoms with Crippen LogP contribution in [-0.2, 0) is 13.7 Å². The Balaban J connectivity index is 1.42. The van der Waals surface area contributed by atoms with Crippen LogP contribution in [0.3, 0.4) is 0 Å². The Morgan fingerprint density at radius 3 is 2.82 bits per heavy atom. The first kappa shape index (κ1) is 17.6. The van der Waals surface area contributed by atoms with E-state index < -0.39 is 0 Å². The van der Waals surface area contributed by atoms with Crippen LogP contribution in [0.15, 0.2) is 50.6 Å². The molecule has 0 atom stereocenters. The van der Waals surface area contributed by atoms with E-state index >= 15 is 0 Å². The largest absolute Gasteiger partial charge is 0.487 e. The van der Waals surface area contributed by atoms with Crippen molar-refractivity contribution in [3.8, 4) is 11.4 Å². The van der Waals surface area contributed by atoms with Gasteiger partial charge in [-0.2, -0.15) is 0 Å². The summed E-state index contributed by atoms with van der Waals surface area (Å²) in [6.45, 7) is 0.330. The fourth-order valence-electron chi connectivity index (χ4n) is 3.32. The van der Waals surface area contributed by atoms with Crippen LogP contribution in [0.25, 0.3) is 16.7 Å². The minimum Gasteiger partial charge on any atom is -0.487 e. The van der Waals surface area contributed by atoms with Crippen LogP contribution in [-0.4, -0.2) is 19.1 Å². The first-order chi connectivity index (χ1) is 13.6. The van der Waals surface area contributed by atoms with Crippen molar-refractivity contribution in [2.75, 3.05) is 0 Å². The number of aromatic nitrogens is 4. The van der Waals surface area contributed by atoms with Crippen LogP contribution in [0, 0.1) is 0 Å². The maximum Gasteiger partial charge on any atom is 0.258 e. The highest BCUT2D eigenvalue weighted by Crippen LogP contribution is 2.40. The molecule has 0 saturated heterocycles. The van der Waals surface area contributed by atoms with Crippen molar-refractivity contribution < 1.29 is 4.74 Å². The maximum absolute atomic E-state index is 12.6. The highest BCUT2D eigenvalue weighted by molar-refractivity contribution is 9.11. The molecule has 0 N–H and O–H groups in total. The number of rotatable bonds is 5. The summed E-state index contributed by atoms with van der Waals surface area (Å²) in [4.78, 5) is 21.7. The van der Waals surface area contributed by atoms with Crippen LogP contribution in [0.4, 0.5) is 0 Å². The van der Waals surface area contributed by atoms with Gasteiger partial charge in [-0.3, -0.25) is 9.36 Å². The van der Waals surface area contributed by atoms with Gasteiger partial charge in [-0.1, -0.05) is 0 Å². The van der Waals surface area contributed by atoms with E-state index in [2.05, 4.69) is 25.5 Å². The van der Waals surface area contributed by atoms with Crippen molar-refractivity contribution in [3.05, 3.63) is 67.7 Å². The second-order valence-corrected chi connectivity index (χ2v) is 9.06. The number of hydrogen-bond acceptors (Lipinski definition) is 5. The number of halogens is 1. The lowest BCUT2D eigenvalue weighted by Gasteiger charge is -2.09. The Bertz CT molecular complexity index is 1240. The SMILES string of the molecule is Cn1c(C2CC2)nc2ccc(-n3ccc(OCc4csc(Br)n4)cc3=O)cc21. The molecule has 1 saturated carbocycles. The van der Waals surface area contributed by atoms with Gasteiger partial charge in [-0.25, -0.2) is 9.97 Å². The third-order valence-electron chi connectivity index (χ3n) is 4.92. The third-order valence-corrected chi connectivity index (χ3v) is 6.33. The number of nitrogens with zero attached hydrogens (tertiary/aromatic N) is 4. The average molecular weight is 457 g/mol. The van der Waals surface area contributed by atoms with Gasteiger partial charge in [-0.05, 0) is 53.0 Å². The number of pyridine rings is 1. The Kier molecular flexibility index (Phi) is 4.32. The summed E-state index contributed by atoms with van der Waals surface area (Å²) in [6.07, 6.45) is 4.17. The predicted octanol–water partition coefficient (Wildman–Crippen LogP) is 4.40. The molecule has 3 heterocycles. The number of imidazole rings is 1. The molecular formula is C20H17BrN4O2S. The fraction of sp³-hybridized carbons (Fsp3) is 0.250. The topological polar surface area (TPSA) is 61.9 Å². The molecule has 1 fully saturated rings. The van der Waals surface area contributed by atoms with Crippen LogP contribution in [0.2, 0.25) is 0 Å². The first-order valence-electron chi connectivity index (χ1n) is 9.00. The highest BCUT2D eigenvalue weighted by atomic mass is 79.9. The number of fused-ring (bicyclic) bond motifs is 1. The molecule has 0 amide bonds. The van der Waals surface area contributed by atoms with Crippen molar-refractivity contribution in [2.45, 2.75) is 25.4 Å². The van der Waals surface area contributed by atoms with E-state index in [0.717, 1.165) is 32.2 Å². The van der Waals surface area contributed by atoms with Crippen molar-refractivity contribution in [1.29, 1.82) is 0 Å². The van der Waals surface area contributed by atoms with E-state index in [0.29, 0.717) is 18.3 Å². The van der Waals surface area contributed by atoms with Gasteiger partial charge in [0.05, 0.1) is 22.4 Å². The molecule has 0 unspecified atom stereocenters. The summed E-state index contributed by atoms with van der Waals surface area (Å²) >= 11 is 4.84. The summed E-state index contributed by atoms with van der Waals surface area (Å²) < 4.78 is 10.3. The standard InChI is InChI=1S/C20H17BrN4O2S/c1-24-17-8-14(4-5-16(17)23-19(24)12-2-3-12)25-7-6-15(9-18(25)26)27-10-13-11-28-20(21)22-13/h4-9,11-12H,2-3,10H2,1H3. The molecule has 8 heteroatoms. The number of benzene rings is 1. The molecule has 5 rings (SSSR count). The van der Waals surface area contributed by atoms with E-state index in [1.54, 1.807) is 16.8 Å². The van der Waals surface area contributed by atoms with Crippen LogP contribution >= 0.6 is 27.3 Å². The van der Waals surface area contributed by atoms with E-state index in [-0.39, 0.29) is 5.56 Å². The second kappa shape index (κ2) is 6.86. The molecule has 0 bridgehead atoms. The second-order valence-electron chi connectivity index (χ2n) is 6.93. The Hall–Kier alpha value is -2.45. The Morgan fingerprint density at radius 2 is 2.11 bits per heavy atom. The molecule has 28 heavy (non-hydrogen) atoms. The molecule has 6 nitrogen and oxygen atoms in total. The van der Waals surface area contributed by atoms with Gasteiger partial charge in [0.1, 0.15) is 18.2 Å². The van der Waals surface area contributed by atoms with Gasteiger partial charge in [0.2, 0.25) is 0 Å². The van der Waals surface area contributed by atoms with Gasteiger partial charge >= 0.3 is 0 Å². The minimum atomic E-state index is -0.138. The van der Waals surface area contributed by atoms with Gasteiger partial charge < -0.3 is 9.30 Å². The lowest BCUT2D eigenvalue weighted by molar-refractivity contribution is 0.301. The maximum atomic E-state index is 12.6. The van der Waals surface area contributed by atoms with E-state index in [1.807, 2.05) is 30.6 Å². The Morgan fingerprint density at radius 1 is 1.25 bits per heavy atom. The lowest BCUT2D eigenvalue weighted by Crippen LogP contribution is -2.16. The van der Waals surface area contributed by atoms with Gasteiger partial charge in [0.25, 0.3) is 5.56 Å². The molecule has 1 aromatic carbocycles. The summed E-state index contributed by atoms with van der Waals surface area (Å²) in [5.41, 5.74) is 3.52. The summed E-state index contributed by atoms with van der Waals surface area (Å²) in [5, 5.41) is 1.92. The van der Waals surface area contributed by atoms with Gasteiger partial charge in [0, 0.05) is 30.6 Å². The molecule has 4 aromatic rings. The molecular weight excluding hydrogens is 440 g/mol. The average Bonchev–Trinajstić information content (AvgIpc) is 3.37. The van der Waals surface area contributed by atoms with Crippen LogP contribution in [0.1, 0.15) is 30.3 Å². The molecule has 0 aliphatic heterocycles. The number of hydrogen-bond donors (Lipinski definition) is 0. The zero-order valence-corrected chi connectivity index (χ0v) is 17.5. The van der Waals surface area contributed by atoms with Crippen LogP contribution < -0.4 is 10.3 Å². The van der Waals surface area contributed by atoms with E-state index in [1.165, 1.54) is 30.2 Å². The summed E-state index contributed by atoms with van der Waals surface area (Å²) in [6, 6.07) is 9.23. The number of aryl methyl sites for hydroxylation is 1. The molecule has 142 valence electrons. The minimum absolute atomic E-state index is 0.138. The van der Waals surface area contributed by atoms with Crippen molar-refractivity contribution in [2.24, 2.45) is 7.05 Å². The molecule has 1 aliphatic carbocycles. The molecule has 3 aromatic heterocycles. The van der Waals surface area contributed by atoms with Crippen molar-refractivity contribution in [3.63, 3.8) is 0 Å². The lowest BCUT2D eigenvalue weighted by atomic mass is 10.2. The molecule has 0 spiro atoms. The molecule has 1 aliphatic rings. The zero-order valence-electron chi connectivity index (χ0n) is 15.1. The normalized spacial score (nSPS) is 13.9. The number of ether oxygens (including phenoxy) is 1. The Labute approximate surface area is 173 Å². The number of thiazole rings is 1. The monoisotopic (exact) mass is 456 g/mol. The van der Waals surface area contributed by atoms with Crippen LogP contribution in [0.5, 0.6) is 5.75 Å². The highest BCUT2D eigenvalue weighted by Gasteiger charge is 2.28. The first-order valence-corrected chi connectivity index (χ1v) is 10.7. The van der Waals surface area contributed by atoms with E-state index in [4.69, 9.17) is 9.72 Å². The smallest absolute Gasteiger partial charge is 0.258 e. The van der Waals surface area contributed by atoms with Gasteiger partial charge in [0.15, 0.2) is 3.92 Å².